The number of carboxylic acid groups (broad SMARTS) is 1. The van der Waals surface area contributed by atoms with Gasteiger partial charge in [0.15, 0.2) is 0 Å². The Bertz CT molecular complexity index is 449. The zero-order valence-corrected chi connectivity index (χ0v) is 11.2. The monoisotopic (exact) mass is 324 g/mol. The van der Waals surface area contributed by atoms with Crippen molar-refractivity contribution in [3.63, 3.8) is 0 Å². The second-order valence-electron chi connectivity index (χ2n) is 4.24. The number of alkyl halides is 2. The topological polar surface area (TPSA) is 37.3 Å². The summed E-state index contributed by atoms with van der Waals surface area (Å²) >= 11 is 2.84. The lowest BCUT2D eigenvalue weighted by molar-refractivity contribution is -0.138. The second-order valence-corrected chi connectivity index (χ2v) is 5.09. The average Bonchev–Trinajstić information content (AvgIpc) is 2.19. The van der Waals surface area contributed by atoms with Crippen molar-refractivity contribution < 1.29 is 23.1 Å². The maximum Gasteiger partial charge on any atom is 0.303 e. The van der Waals surface area contributed by atoms with Crippen LogP contribution in [0.3, 0.4) is 0 Å². The minimum Gasteiger partial charge on any atom is -0.481 e. The highest BCUT2D eigenvalue weighted by Gasteiger charge is 2.34. The van der Waals surface area contributed by atoms with Crippen LogP contribution in [0.1, 0.15) is 25.3 Å². The molecule has 1 N–H and O–H groups in total. The summed E-state index contributed by atoms with van der Waals surface area (Å²) in [5.74, 6) is -5.57. The van der Waals surface area contributed by atoms with Crippen LogP contribution in [0.2, 0.25) is 0 Å². The van der Waals surface area contributed by atoms with E-state index in [4.69, 9.17) is 5.11 Å². The molecule has 18 heavy (non-hydrogen) atoms. The van der Waals surface area contributed by atoms with Crippen LogP contribution >= 0.6 is 15.9 Å². The predicted molar refractivity (Wildman–Crippen MR) is 64.0 cm³/mol. The first-order valence-corrected chi connectivity index (χ1v) is 6.07. The van der Waals surface area contributed by atoms with Gasteiger partial charge in [-0.05, 0) is 34.0 Å². The minimum atomic E-state index is -3.18. The van der Waals surface area contributed by atoms with Gasteiger partial charge in [0, 0.05) is 18.4 Å². The molecule has 1 aromatic rings. The molecule has 0 aromatic heterocycles. The van der Waals surface area contributed by atoms with Gasteiger partial charge in [0.05, 0.1) is 4.47 Å². The van der Waals surface area contributed by atoms with E-state index in [0.717, 1.165) is 18.2 Å². The summed E-state index contributed by atoms with van der Waals surface area (Å²) in [5.41, 5.74) is -0.326. The van der Waals surface area contributed by atoms with Gasteiger partial charge in [-0.1, -0.05) is 13.0 Å². The van der Waals surface area contributed by atoms with Gasteiger partial charge >= 0.3 is 5.97 Å². The molecular weight excluding hydrogens is 313 g/mol. The summed E-state index contributed by atoms with van der Waals surface area (Å²) in [6, 6.07) is 2.98. The summed E-state index contributed by atoms with van der Waals surface area (Å²) in [6.07, 6.45) is -0.907. The molecule has 0 saturated heterocycles. The largest absolute Gasteiger partial charge is 0.481 e. The third-order valence-electron chi connectivity index (χ3n) is 2.47. The molecule has 0 bridgehead atoms. The van der Waals surface area contributed by atoms with Crippen molar-refractivity contribution in [3.05, 3.63) is 34.1 Å². The van der Waals surface area contributed by atoms with Crippen molar-refractivity contribution in [2.75, 3.05) is 0 Å². The number of rotatable bonds is 5. The first-order valence-electron chi connectivity index (χ1n) is 5.27. The fourth-order valence-corrected chi connectivity index (χ4v) is 2.03. The van der Waals surface area contributed by atoms with Crippen LogP contribution in [-0.4, -0.2) is 11.1 Å². The van der Waals surface area contributed by atoms with Gasteiger partial charge in [-0.3, -0.25) is 4.79 Å². The highest BCUT2D eigenvalue weighted by Crippen LogP contribution is 2.37. The van der Waals surface area contributed by atoms with Gasteiger partial charge in [-0.15, -0.1) is 0 Å². The van der Waals surface area contributed by atoms with Gasteiger partial charge in [0.2, 0.25) is 0 Å². The van der Waals surface area contributed by atoms with Gasteiger partial charge < -0.3 is 5.11 Å². The smallest absolute Gasteiger partial charge is 0.303 e. The van der Waals surface area contributed by atoms with E-state index in [1.807, 2.05) is 0 Å². The van der Waals surface area contributed by atoms with Crippen LogP contribution in [0, 0.1) is 11.7 Å². The van der Waals surface area contributed by atoms with E-state index in [-0.39, 0.29) is 16.5 Å². The Morgan fingerprint density at radius 1 is 1.50 bits per heavy atom. The normalized spacial score (nSPS) is 13.4. The molecule has 1 atom stereocenters. The van der Waals surface area contributed by atoms with E-state index >= 15 is 0 Å². The Kier molecular flexibility index (Phi) is 4.78. The Morgan fingerprint density at radius 3 is 2.61 bits per heavy atom. The van der Waals surface area contributed by atoms with E-state index in [9.17, 15) is 18.0 Å². The van der Waals surface area contributed by atoms with Crippen LogP contribution < -0.4 is 0 Å². The standard InChI is InChI=1S/C12H12BrF3O2/c1-7(4-11(17)18)6-12(15,16)8-2-3-10(14)9(13)5-8/h2-3,5,7H,4,6H2,1H3,(H,17,18). The summed E-state index contributed by atoms with van der Waals surface area (Å²) in [7, 11) is 0. The molecule has 0 amide bonds. The molecule has 0 radical (unpaired) electrons. The quantitative estimate of drug-likeness (QED) is 0.882. The second kappa shape index (κ2) is 5.73. The van der Waals surface area contributed by atoms with Gasteiger partial charge in [0.1, 0.15) is 5.82 Å². The van der Waals surface area contributed by atoms with Crippen LogP contribution in [0.15, 0.2) is 22.7 Å². The van der Waals surface area contributed by atoms with Crippen LogP contribution in [0.5, 0.6) is 0 Å². The zero-order chi connectivity index (χ0) is 13.9. The fourth-order valence-electron chi connectivity index (χ4n) is 1.65. The molecule has 1 aromatic carbocycles. The maximum atomic E-state index is 13.8. The van der Waals surface area contributed by atoms with Crippen LogP contribution in [-0.2, 0) is 10.7 Å². The van der Waals surface area contributed by atoms with E-state index in [0.29, 0.717) is 0 Å². The van der Waals surface area contributed by atoms with E-state index < -0.39 is 30.0 Å². The number of carboxylic acids is 1. The highest BCUT2D eigenvalue weighted by molar-refractivity contribution is 9.10. The van der Waals surface area contributed by atoms with Crippen molar-refractivity contribution in [1.82, 2.24) is 0 Å². The lowest BCUT2D eigenvalue weighted by Crippen LogP contribution is -2.19. The summed E-state index contributed by atoms with van der Waals surface area (Å²) < 4.78 is 40.6. The Balaban J connectivity index is 2.84. The van der Waals surface area contributed by atoms with Crippen molar-refractivity contribution in [3.8, 4) is 0 Å². The SMILES string of the molecule is CC(CC(=O)O)CC(F)(F)c1ccc(F)c(Br)c1. The summed E-state index contributed by atoms with van der Waals surface area (Å²) in [4.78, 5) is 10.4. The highest BCUT2D eigenvalue weighted by atomic mass is 79.9. The number of benzene rings is 1. The molecule has 0 fully saturated rings. The third kappa shape index (κ3) is 4.01. The number of hydrogen-bond donors (Lipinski definition) is 1. The summed E-state index contributed by atoms with van der Waals surface area (Å²) in [6.45, 7) is 1.45. The zero-order valence-electron chi connectivity index (χ0n) is 9.59. The maximum absolute atomic E-state index is 13.8. The third-order valence-corrected chi connectivity index (χ3v) is 3.08. The Hall–Kier alpha value is -1.04. The van der Waals surface area contributed by atoms with Gasteiger partial charge in [-0.2, -0.15) is 0 Å². The lowest BCUT2D eigenvalue weighted by atomic mass is 9.95. The van der Waals surface area contributed by atoms with Crippen LogP contribution in [0.4, 0.5) is 13.2 Å². The van der Waals surface area contributed by atoms with E-state index in [1.54, 1.807) is 0 Å². The molecule has 6 heteroatoms. The molecule has 0 saturated carbocycles. The fraction of sp³-hybridized carbons (Fsp3) is 0.417. The van der Waals surface area contributed by atoms with Crippen molar-refractivity contribution in [1.29, 1.82) is 0 Å². The molecule has 0 aliphatic heterocycles. The average molecular weight is 325 g/mol. The van der Waals surface area contributed by atoms with Gasteiger partial charge in [0.25, 0.3) is 5.92 Å². The number of hydrogen-bond acceptors (Lipinski definition) is 1. The van der Waals surface area contributed by atoms with E-state index in [1.165, 1.54) is 6.92 Å². The molecular formula is C12H12BrF3O2. The minimum absolute atomic E-state index is 0.0365. The molecule has 2 nitrogen and oxygen atoms in total. The first-order chi connectivity index (χ1) is 8.22. The number of carbonyl (C=O) groups is 1. The summed E-state index contributed by atoms with van der Waals surface area (Å²) in [5, 5.41) is 8.53. The van der Waals surface area contributed by atoms with Crippen LogP contribution in [0.25, 0.3) is 0 Å². The first kappa shape index (κ1) is 15.0. The molecule has 100 valence electrons. The Morgan fingerprint density at radius 2 is 2.11 bits per heavy atom. The Labute approximate surface area is 111 Å². The molecule has 0 heterocycles. The number of halogens is 4. The van der Waals surface area contributed by atoms with Crippen molar-refractivity contribution in [2.24, 2.45) is 5.92 Å². The lowest BCUT2D eigenvalue weighted by Gasteiger charge is -2.20. The number of aliphatic carboxylic acids is 1. The molecule has 1 rings (SSSR count). The predicted octanol–water partition coefficient (Wildman–Crippen LogP) is 4.18. The molecule has 0 aliphatic rings. The molecule has 0 spiro atoms. The van der Waals surface area contributed by atoms with Gasteiger partial charge in [-0.25, -0.2) is 13.2 Å². The molecule has 1 unspecified atom stereocenters. The molecule has 0 aliphatic carbocycles. The van der Waals surface area contributed by atoms with Crippen molar-refractivity contribution in [2.45, 2.75) is 25.7 Å². The van der Waals surface area contributed by atoms with Crippen molar-refractivity contribution >= 4 is 21.9 Å². The van der Waals surface area contributed by atoms with E-state index in [2.05, 4.69) is 15.9 Å².